The van der Waals surface area contributed by atoms with E-state index in [1.807, 2.05) is 0 Å². The van der Waals surface area contributed by atoms with E-state index in [4.69, 9.17) is 20.8 Å². The van der Waals surface area contributed by atoms with Crippen molar-refractivity contribution >= 4 is 28.3 Å². The number of fused-ring (bicyclic) bond motifs is 5. The zero-order valence-electron chi connectivity index (χ0n) is 14.9. The molecular weight excluding hydrogens is 388 g/mol. The second-order valence-electron chi connectivity index (χ2n) is 7.16. The molecule has 0 radical (unpaired) electrons. The van der Waals surface area contributed by atoms with E-state index >= 15 is 0 Å². The van der Waals surface area contributed by atoms with Crippen molar-refractivity contribution in [3.8, 4) is 5.75 Å². The highest BCUT2D eigenvalue weighted by Crippen LogP contribution is 2.41. The van der Waals surface area contributed by atoms with Crippen molar-refractivity contribution in [2.24, 2.45) is 0 Å². The molecule has 0 spiro atoms. The van der Waals surface area contributed by atoms with E-state index in [2.05, 4.69) is 0 Å². The fourth-order valence-electron chi connectivity index (χ4n) is 4.16. The molecule has 7 heteroatoms. The maximum atomic E-state index is 14.3. The quantitative estimate of drug-likeness (QED) is 0.539. The summed E-state index contributed by atoms with van der Waals surface area (Å²) in [7, 11) is 0. The molecule has 1 aliphatic heterocycles. The maximum absolute atomic E-state index is 14.3. The van der Waals surface area contributed by atoms with Crippen molar-refractivity contribution in [1.29, 1.82) is 0 Å². The molecule has 1 aromatic heterocycles. The Morgan fingerprint density at radius 3 is 2.61 bits per heavy atom. The summed E-state index contributed by atoms with van der Waals surface area (Å²) in [6, 6.07) is 5.18. The third kappa shape index (κ3) is 2.66. The van der Waals surface area contributed by atoms with Gasteiger partial charge in [0.1, 0.15) is 23.0 Å². The van der Waals surface area contributed by atoms with E-state index in [1.54, 1.807) is 11.0 Å². The molecule has 28 heavy (non-hydrogen) atoms. The van der Waals surface area contributed by atoms with Crippen LogP contribution in [0.15, 0.2) is 33.5 Å². The Kier molecular flexibility index (Phi) is 4.05. The molecule has 0 N–H and O–H groups in total. The molecule has 4 nitrogen and oxygen atoms in total. The fourth-order valence-corrected chi connectivity index (χ4v) is 4.44. The van der Waals surface area contributed by atoms with Crippen LogP contribution in [0.2, 0.25) is 5.02 Å². The van der Waals surface area contributed by atoms with E-state index in [1.165, 1.54) is 12.1 Å². The average molecular weight is 404 g/mol. The first-order chi connectivity index (χ1) is 13.5. The summed E-state index contributed by atoms with van der Waals surface area (Å²) in [5.74, 6) is -0.894. The van der Waals surface area contributed by atoms with Gasteiger partial charge in [-0.2, -0.15) is 0 Å². The van der Waals surface area contributed by atoms with Gasteiger partial charge in [-0.3, -0.25) is 0 Å². The molecule has 1 aliphatic carbocycles. The van der Waals surface area contributed by atoms with Gasteiger partial charge in [-0.1, -0.05) is 11.6 Å². The van der Waals surface area contributed by atoms with Gasteiger partial charge in [-0.25, -0.2) is 13.6 Å². The Hall–Kier alpha value is -2.60. The second-order valence-corrected chi connectivity index (χ2v) is 7.57. The first-order valence-corrected chi connectivity index (χ1v) is 9.53. The minimum absolute atomic E-state index is 0.0515. The topological polar surface area (TPSA) is 42.7 Å². The van der Waals surface area contributed by atoms with E-state index in [0.717, 1.165) is 36.3 Å². The summed E-state index contributed by atoms with van der Waals surface area (Å²) in [5.41, 5.74) is 2.60. The van der Waals surface area contributed by atoms with Crippen molar-refractivity contribution in [2.45, 2.75) is 32.2 Å². The normalized spacial score (nSPS) is 15.9. The van der Waals surface area contributed by atoms with Gasteiger partial charge >= 0.3 is 5.63 Å². The first-order valence-electron chi connectivity index (χ1n) is 9.15. The second kappa shape index (κ2) is 6.48. The monoisotopic (exact) mass is 403 g/mol. The summed E-state index contributed by atoms with van der Waals surface area (Å²) < 4.78 is 39.0. The molecule has 0 amide bonds. The molecule has 5 rings (SSSR count). The van der Waals surface area contributed by atoms with Gasteiger partial charge in [0.05, 0.1) is 22.8 Å². The molecule has 0 unspecified atom stereocenters. The Morgan fingerprint density at radius 1 is 1.04 bits per heavy atom. The van der Waals surface area contributed by atoms with Crippen molar-refractivity contribution in [1.82, 2.24) is 0 Å². The van der Waals surface area contributed by atoms with Crippen LogP contribution >= 0.6 is 11.6 Å². The smallest absolute Gasteiger partial charge is 0.339 e. The number of benzene rings is 2. The van der Waals surface area contributed by atoms with Gasteiger partial charge < -0.3 is 14.1 Å². The molecular formula is C21H16ClF2NO3. The number of halogens is 3. The van der Waals surface area contributed by atoms with Crippen LogP contribution in [0.1, 0.15) is 29.5 Å². The predicted molar refractivity (Wildman–Crippen MR) is 102 cm³/mol. The number of hydrogen-bond donors (Lipinski definition) is 0. The minimum Gasteiger partial charge on any atom is -0.471 e. The van der Waals surface area contributed by atoms with E-state index in [-0.39, 0.29) is 24.6 Å². The van der Waals surface area contributed by atoms with Crippen LogP contribution < -0.4 is 15.3 Å². The van der Waals surface area contributed by atoms with Gasteiger partial charge in [-0.15, -0.1) is 0 Å². The van der Waals surface area contributed by atoms with Crippen LogP contribution in [-0.4, -0.2) is 6.73 Å². The fraction of sp³-hybridized carbons (Fsp3) is 0.286. The highest BCUT2D eigenvalue weighted by molar-refractivity contribution is 6.33. The zero-order chi connectivity index (χ0) is 19.4. The number of rotatable bonds is 1. The van der Waals surface area contributed by atoms with Crippen molar-refractivity contribution in [3.63, 3.8) is 0 Å². The number of anilines is 1. The summed E-state index contributed by atoms with van der Waals surface area (Å²) in [6.45, 7) is 0.284. The number of hydrogen-bond acceptors (Lipinski definition) is 4. The Morgan fingerprint density at radius 2 is 1.82 bits per heavy atom. The third-order valence-corrected chi connectivity index (χ3v) is 5.76. The average Bonchev–Trinajstić information content (AvgIpc) is 2.69. The molecule has 0 saturated carbocycles. The van der Waals surface area contributed by atoms with Crippen LogP contribution in [0.3, 0.4) is 0 Å². The molecule has 0 saturated heterocycles. The zero-order valence-corrected chi connectivity index (χ0v) is 15.6. The van der Waals surface area contributed by atoms with Crippen LogP contribution in [0.4, 0.5) is 14.5 Å². The summed E-state index contributed by atoms with van der Waals surface area (Å²) in [6.07, 6.45) is 3.46. The van der Waals surface area contributed by atoms with Crippen LogP contribution in [0.25, 0.3) is 11.0 Å². The molecule has 144 valence electrons. The molecule has 3 aromatic rings. The van der Waals surface area contributed by atoms with E-state index < -0.39 is 11.6 Å². The number of aryl methyl sites for hydroxylation is 1. The summed E-state index contributed by atoms with van der Waals surface area (Å²) in [4.78, 5) is 14.2. The predicted octanol–water partition coefficient (Wildman–Crippen LogP) is 4.96. The van der Waals surface area contributed by atoms with Crippen LogP contribution in [0.5, 0.6) is 5.75 Å². The molecule has 0 atom stereocenters. The largest absolute Gasteiger partial charge is 0.471 e. The lowest BCUT2D eigenvalue weighted by molar-refractivity contribution is 0.287. The molecule has 2 aromatic carbocycles. The number of ether oxygens (including phenoxy) is 1. The highest BCUT2D eigenvalue weighted by Gasteiger charge is 2.28. The summed E-state index contributed by atoms with van der Waals surface area (Å²) >= 11 is 6.46. The van der Waals surface area contributed by atoms with Gasteiger partial charge in [-0.05, 0) is 49.4 Å². The lowest BCUT2D eigenvalue weighted by Gasteiger charge is -2.32. The van der Waals surface area contributed by atoms with Crippen molar-refractivity contribution < 1.29 is 17.9 Å². The lowest BCUT2D eigenvalue weighted by atomic mass is 9.90. The minimum atomic E-state index is -0.683. The van der Waals surface area contributed by atoms with Gasteiger partial charge in [0, 0.05) is 17.0 Å². The standard InChI is InChI=1S/C21H16ClF2NO3/c22-16-8-14-12-3-1-2-4-13(12)21(26)28-19(14)15-9-25(10-27-20(15)16)18-6-5-11(23)7-17(18)24/h5-8H,1-4,9-10H2. The summed E-state index contributed by atoms with van der Waals surface area (Å²) in [5, 5.41) is 1.24. The van der Waals surface area contributed by atoms with E-state index in [0.29, 0.717) is 33.9 Å². The van der Waals surface area contributed by atoms with Crippen LogP contribution in [-0.2, 0) is 19.4 Å². The number of nitrogens with zero attached hydrogens (tertiary/aromatic N) is 1. The van der Waals surface area contributed by atoms with Gasteiger partial charge in [0.2, 0.25) is 0 Å². The SMILES string of the molecule is O=c1oc2c3c(c(Cl)cc2c2c1CCCC2)OCN(c1ccc(F)cc1F)C3. The van der Waals surface area contributed by atoms with Gasteiger partial charge in [0.15, 0.2) is 6.73 Å². The maximum Gasteiger partial charge on any atom is 0.339 e. The highest BCUT2D eigenvalue weighted by atomic mass is 35.5. The molecule has 0 fully saturated rings. The Bertz CT molecular complexity index is 1170. The van der Waals surface area contributed by atoms with E-state index in [9.17, 15) is 13.6 Å². The van der Waals surface area contributed by atoms with Crippen molar-refractivity contribution in [3.05, 3.63) is 68.0 Å². The molecule has 2 aliphatic rings. The van der Waals surface area contributed by atoms with Gasteiger partial charge in [0.25, 0.3) is 0 Å². The third-order valence-electron chi connectivity index (χ3n) is 5.48. The Balaban J connectivity index is 1.69. The Labute approximate surface area is 164 Å². The van der Waals surface area contributed by atoms with Crippen molar-refractivity contribution in [2.75, 3.05) is 11.6 Å². The molecule has 2 heterocycles. The first kappa shape index (κ1) is 17.5. The lowest BCUT2D eigenvalue weighted by Crippen LogP contribution is -2.33. The molecule has 0 bridgehead atoms. The van der Waals surface area contributed by atoms with Crippen LogP contribution in [0, 0.1) is 11.6 Å².